The molecule has 0 bridgehead atoms. The molecule has 3 aromatic carbocycles. The van der Waals surface area contributed by atoms with Crippen LogP contribution in [-0.4, -0.2) is 45.2 Å². The monoisotopic (exact) mass is 480 g/mol. The maximum atomic E-state index is 12.9. The summed E-state index contributed by atoms with van der Waals surface area (Å²) in [7, 11) is -3.65. The molecule has 0 radical (unpaired) electrons. The Labute approximate surface area is 200 Å². The molecule has 0 aliphatic rings. The highest BCUT2D eigenvalue weighted by atomic mass is 32.2. The average Bonchev–Trinajstić information content (AvgIpc) is 2.83. The number of hydrogen-bond acceptors (Lipinski definition) is 5. The number of nitrogens with one attached hydrogen (secondary N) is 2. The number of benzene rings is 3. The van der Waals surface area contributed by atoms with Gasteiger partial charge in [0.2, 0.25) is 10.0 Å². The van der Waals surface area contributed by atoms with Gasteiger partial charge in [0.25, 0.3) is 5.91 Å². The molecule has 2 atom stereocenters. The fourth-order valence-electron chi connectivity index (χ4n) is 3.47. The maximum absolute atomic E-state index is 12.9. The van der Waals surface area contributed by atoms with Crippen LogP contribution in [0.15, 0.2) is 91.0 Å². The molecule has 3 rings (SSSR count). The van der Waals surface area contributed by atoms with Crippen LogP contribution in [0.2, 0.25) is 0 Å². The van der Waals surface area contributed by atoms with E-state index in [-0.39, 0.29) is 18.9 Å². The van der Waals surface area contributed by atoms with Crippen LogP contribution >= 0.6 is 0 Å². The van der Waals surface area contributed by atoms with Crippen LogP contribution < -0.4 is 10.0 Å². The lowest BCUT2D eigenvalue weighted by Crippen LogP contribution is -2.45. The highest BCUT2D eigenvalue weighted by molar-refractivity contribution is 7.88. The second kappa shape index (κ2) is 12.1. The molecule has 0 saturated carbocycles. The minimum atomic E-state index is -3.65. The number of amides is 1. The minimum absolute atomic E-state index is 0.108. The zero-order chi connectivity index (χ0) is 24.4. The normalized spacial score (nSPS) is 13.0. The molecule has 2 N–H and O–H groups in total. The second-order valence-electron chi connectivity index (χ2n) is 7.99. The van der Waals surface area contributed by atoms with Gasteiger partial charge >= 0.3 is 5.97 Å². The van der Waals surface area contributed by atoms with Crippen LogP contribution in [0.5, 0.6) is 0 Å². The molecular formula is C26H28N2O5S. The van der Waals surface area contributed by atoms with Gasteiger partial charge in [0, 0.05) is 5.56 Å². The third-order valence-electron chi connectivity index (χ3n) is 5.05. The molecule has 7 nitrogen and oxygen atoms in total. The lowest BCUT2D eigenvalue weighted by atomic mass is 10.1. The van der Waals surface area contributed by atoms with E-state index in [0.717, 1.165) is 17.4 Å². The van der Waals surface area contributed by atoms with Gasteiger partial charge in [-0.25, -0.2) is 13.1 Å². The van der Waals surface area contributed by atoms with Gasteiger partial charge in [-0.2, -0.15) is 0 Å². The third kappa shape index (κ3) is 8.46. The Kier molecular flexibility index (Phi) is 8.95. The van der Waals surface area contributed by atoms with Gasteiger partial charge in [-0.1, -0.05) is 78.9 Å². The Morgan fingerprint density at radius 1 is 0.794 bits per heavy atom. The molecule has 178 valence electrons. The summed E-state index contributed by atoms with van der Waals surface area (Å²) < 4.78 is 31.6. The van der Waals surface area contributed by atoms with Crippen molar-refractivity contribution in [2.24, 2.45) is 0 Å². The Morgan fingerprint density at radius 3 is 1.82 bits per heavy atom. The smallest absolute Gasteiger partial charge is 0.324 e. The van der Waals surface area contributed by atoms with Gasteiger partial charge in [0.15, 0.2) is 0 Å². The first-order chi connectivity index (χ1) is 16.3. The lowest BCUT2D eigenvalue weighted by Gasteiger charge is -2.22. The van der Waals surface area contributed by atoms with Crippen LogP contribution in [0.4, 0.5) is 0 Å². The topological polar surface area (TPSA) is 102 Å². The molecule has 0 spiro atoms. The van der Waals surface area contributed by atoms with Crippen LogP contribution in [0.1, 0.15) is 21.5 Å². The van der Waals surface area contributed by atoms with Gasteiger partial charge in [0.05, 0.1) is 12.3 Å². The molecule has 1 amide bonds. The summed E-state index contributed by atoms with van der Waals surface area (Å²) >= 11 is 0. The highest BCUT2D eigenvalue weighted by Crippen LogP contribution is 2.09. The van der Waals surface area contributed by atoms with Crippen molar-refractivity contribution >= 4 is 21.9 Å². The third-order valence-corrected chi connectivity index (χ3v) is 5.76. The van der Waals surface area contributed by atoms with E-state index in [4.69, 9.17) is 4.74 Å². The number of rotatable bonds is 11. The molecule has 0 heterocycles. The quantitative estimate of drug-likeness (QED) is 0.411. The largest absolute Gasteiger partial charge is 0.462 e. The first-order valence-electron chi connectivity index (χ1n) is 10.9. The second-order valence-corrected chi connectivity index (χ2v) is 9.77. The summed E-state index contributed by atoms with van der Waals surface area (Å²) in [5, 5.41) is 2.92. The van der Waals surface area contributed by atoms with E-state index in [1.165, 1.54) is 0 Å². The molecule has 0 saturated heterocycles. The van der Waals surface area contributed by atoms with Crippen LogP contribution in [0, 0.1) is 0 Å². The number of hydrogen-bond donors (Lipinski definition) is 2. The zero-order valence-corrected chi connectivity index (χ0v) is 19.7. The Hall–Kier alpha value is -3.49. The van der Waals surface area contributed by atoms with Crippen molar-refractivity contribution < 1.29 is 22.7 Å². The van der Waals surface area contributed by atoms with Crippen LogP contribution in [0.3, 0.4) is 0 Å². The van der Waals surface area contributed by atoms with Gasteiger partial charge in [-0.15, -0.1) is 0 Å². The molecule has 0 aromatic heterocycles. The molecule has 0 aliphatic carbocycles. The fourth-order valence-corrected chi connectivity index (χ4v) is 4.17. The van der Waals surface area contributed by atoms with E-state index >= 15 is 0 Å². The number of sulfonamides is 1. The summed E-state index contributed by atoms with van der Waals surface area (Å²) in [6, 6.07) is 25.8. The Bertz CT molecular complexity index is 1170. The SMILES string of the molecule is CS(=O)(=O)N[C@@H](Cc1ccccc1)C(=O)OC[C@H](Cc1ccccc1)NC(=O)c1ccccc1. The van der Waals surface area contributed by atoms with Crippen LogP contribution in [-0.2, 0) is 32.4 Å². The van der Waals surface area contributed by atoms with Crippen molar-refractivity contribution in [2.45, 2.75) is 24.9 Å². The number of ether oxygens (including phenoxy) is 1. The van der Waals surface area contributed by atoms with E-state index in [2.05, 4.69) is 10.0 Å². The van der Waals surface area contributed by atoms with E-state index in [1.54, 1.807) is 24.3 Å². The van der Waals surface area contributed by atoms with Gasteiger partial charge in [-0.05, 0) is 36.1 Å². The van der Waals surface area contributed by atoms with Crippen LogP contribution in [0.25, 0.3) is 0 Å². The summed E-state index contributed by atoms with van der Waals surface area (Å²) in [6.07, 6.45) is 1.58. The number of carbonyl (C=O) groups excluding carboxylic acids is 2. The first-order valence-corrected chi connectivity index (χ1v) is 12.8. The number of carbonyl (C=O) groups is 2. The molecular weight excluding hydrogens is 452 g/mol. The van der Waals surface area contributed by atoms with Crippen molar-refractivity contribution in [1.82, 2.24) is 10.0 Å². The molecule has 8 heteroatoms. The summed E-state index contributed by atoms with van der Waals surface area (Å²) in [6.45, 7) is -0.108. The van der Waals surface area contributed by atoms with Gasteiger partial charge in [0.1, 0.15) is 12.6 Å². The van der Waals surface area contributed by atoms with Crippen molar-refractivity contribution in [3.05, 3.63) is 108 Å². The predicted octanol–water partition coefficient (Wildman–Crippen LogP) is 2.73. The molecule has 34 heavy (non-hydrogen) atoms. The number of esters is 1. The molecule has 0 aliphatic heterocycles. The van der Waals surface area contributed by atoms with Crippen molar-refractivity contribution in [3.63, 3.8) is 0 Å². The van der Waals surface area contributed by atoms with E-state index < -0.39 is 28.1 Å². The standard InChI is InChI=1S/C26H28N2O5S/c1-34(31,32)28-24(18-21-13-7-3-8-14-21)26(30)33-19-23(17-20-11-5-2-6-12-20)27-25(29)22-15-9-4-10-16-22/h2-16,23-24,28H,17-19H2,1H3,(H,27,29)/t23-,24-/m0/s1. The van der Waals surface area contributed by atoms with Gasteiger partial charge in [-0.3, -0.25) is 9.59 Å². The van der Waals surface area contributed by atoms with Crippen molar-refractivity contribution in [1.29, 1.82) is 0 Å². The Balaban J connectivity index is 1.71. The Morgan fingerprint density at radius 2 is 1.29 bits per heavy atom. The van der Waals surface area contributed by atoms with Gasteiger partial charge < -0.3 is 10.1 Å². The van der Waals surface area contributed by atoms with E-state index in [1.807, 2.05) is 66.7 Å². The zero-order valence-electron chi connectivity index (χ0n) is 18.9. The maximum Gasteiger partial charge on any atom is 0.324 e. The molecule has 3 aromatic rings. The van der Waals surface area contributed by atoms with E-state index in [0.29, 0.717) is 12.0 Å². The minimum Gasteiger partial charge on any atom is -0.462 e. The lowest BCUT2D eigenvalue weighted by molar-refractivity contribution is -0.146. The first kappa shape index (κ1) is 25.1. The predicted molar refractivity (Wildman–Crippen MR) is 131 cm³/mol. The van der Waals surface area contributed by atoms with E-state index in [9.17, 15) is 18.0 Å². The molecule has 0 unspecified atom stereocenters. The fraction of sp³-hybridized carbons (Fsp3) is 0.231. The summed E-state index contributed by atoms with van der Waals surface area (Å²) in [4.78, 5) is 25.6. The summed E-state index contributed by atoms with van der Waals surface area (Å²) in [5.74, 6) is -0.992. The molecule has 0 fully saturated rings. The average molecular weight is 481 g/mol. The summed E-state index contributed by atoms with van der Waals surface area (Å²) in [5.41, 5.74) is 2.25. The van der Waals surface area contributed by atoms with Crippen molar-refractivity contribution in [2.75, 3.05) is 12.9 Å². The highest BCUT2D eigenvalue weighted by Gasteiger charge is 2.26. The van der Waals surface area contributed by atoms with Crippen molar-refractivity contribution in [3.8, 4) is 0 Å².